The molecule has 1 aromatic carbocycles. The Morgan fingerprint density at radius 1 is 0.442 bits per heavy atom. The van der Waals surface area contributed by atoms with Gasteiger partial charge in [-0.3, -0.25) is 38.4 Å². The highest BCUT2D eigenvalue weighted by Crippen LogP contribution is 2.09. The summed E-state index contributed by atoms with van der Waals surface area (Å²) in [5.41, 5.74) is 0.289. The van der Waals surface area contributed by atoms with Gasteiger partial charge in [-0.05, 0) is 52.0 Å². The molecule has 8 N–H and O–H groups in total. The van der Waals surface area contributed by atoms with Crippen LogP contribution in [0.15, 0.2) is 30.3 Å². The molecule has 0 aliphatic carbocycles. The van der Waals surface area contributed by atoms with Gasteiger partial charge in [-0.15, -0.1) is 0 Å². The second-order valence-electron chi connectivity index (χ2n) is 18.2. The molecular formula is C52H88N8O17. The number of benzene rings is 1. The molecule has 1 aromatic rings. The molecule has 8 amide bonds. The highest BCUT2D eigenvalue weighted by Gasteiger charge is 2.21. The van der Waals surface area contributed by atoms with Crippen molar-refractivity contribution in [3.63, 3.8) is 0 Å². The maximum absolute atomic E-state index is 13.1. The second kappa shape index (κ2) is 46.1. The molecule has 438 valence electrons. The van der Waals surface area contributed by atoms with E-state index in [0.29, 0.717) is 38.8 Å². The van der Waals surface area contributed by atoms with Crippen LogP contribution >= 0.6 is 0 Å². The molecule has 0 aliphatic rings. The van der Waals surface area contributed by atoms with Crippen LogP contribution in [-0.4, -0.2) is 190 Å². The van der Waals surface area contributed by atoms with Gasteiger partial charge in [0.05, 0.1) is 85.7 Å². The summed E-state index contributed by atoms with van der Waals surface area (Å²) in [5.74, 6) is -2.58. The van der Waals surface area contributed by atoms with E-state index in [1.54, 1.807) is 20.8 Å². The zero-order valence-corrected chi connectivity index (χ0v) is 45.8. The molecule has 25 nitrogen and oxygen atoms in total. The van der Waals surface area contributed by atoms with Crippen molar-refractivity contribution in [2.75, 3.05) is 125 Å². The number of carbonyl (C=O) groups is 9. The molecule has 0 saturated carbocycles. The Morgan fingerprint density at radius 2 is 0.831 bits per heavy atom. The zero-order chi connectivity index (χ0) is 56.6. The molecule has 0 fully saturated rings. The molecule has 1 atom stereocenters. The fourth-order valence-corrected chi connectivity index (χ4v) is 6.35. The Labute approximate surface area is 453 Å². The second-order valence-corrected chi connectivity index (χ2v) is 18.2. The SMILES string of the molecule is CCCC(=O)NCCCCC(NC(=O)CCC(=O)NCCOCCOCCNC(=O)OCc1ccccc1)C(=O)NCCOCCOCCNC(=O)CCC(=O)NCCOCCOCCNC(=O)CCC(=O)OC(C)(C)C. The van der Waals surface area contributed by atoms with Crippen LogP contribution in [0.5, 0.6) is 0 Å². The maximum Gasteiger partial charge on any atom is 0.407 e. The number of unbranched alkanes of at least 4 members (excludes halogenated alkanes) is 1. The predicted molar refractivity (Wildman–Crippen MR) is 282 cm³/mol. The number of alkyl carbamates (subject to hydrolysis) is 1. The predicted octanol–water partition coefficient (Wildman–Crippen LogP) is 0.847. The fourth-order valence-electron chi connectivity index (χ4n) is 6.35. The lowest BCUT2D eigenvalue weighted by atomic mass is 10.1. The van der Waals surface area contributed by atoms with Gasteiger partial charge in [0.1, 0.15) is 18.2 Å². The van der Waals surface area contributed by atoms with E-state index in [4.69, 9.17) is 37.9 Å². The first kappa shape index (κ1) is 69.0. The van der Waals surface area contributed by atoms with Gasteiger partial charge in [-0.2, -0.15) is 0 Å². The summed E-state index contributed by atoms with van der Waals surface area (Å²) in [7, 11) is 0. The first-order chi connectivity index (χ1) is 37.1. The molecule has 77 heavy (non-hydrogen) atoms. The van der Waals surface area contributed by atoms with Crippen LogP contribution in [0.1, 0.15) is 104 Å². The highest BCUT2D eigenvalue weighted by atomic mass is 16.6. The monoisotopic (exact) mass is 1100 g/mol. The first-order valence-electron chi connectivity index (χ1n) is 26.6. The van der Waals surface area contributed by atoms with E-state index in [-0.39, 0.29) is 187 Å². The molecule has 0 heterocycles. The number of ether oxygens (including phenoxy) is 8. The van der Waals surface area contributed by atoms with Crippen LogP contribution in [-0.2, 0) is 82.9 Å². The number of hydrogen-bond acceptors (Lipinski definition) is 17. The first-order valence-corrected chi connectivity index (χ1v) is 26.6. The number of amides is 8. The Balaban J connectivity index is 2.14. The van der Waals surface area contributed by atoms with E-state index < -0.39 is 35.5 Å². The minimum absolute atomic E-state index is 0.00156. The van der Waals surface area contributed by atoms with Crippen LogP contribution in [0.2, 0.25) is 0 Å². The standard InChI is InChI=1S/C52H88N8O17/c1-5-11-43(61)53-21-10-9-14-42(60-48(66)18-17-46(64)56-24-30-72-37-39-75-33-27-59-51(69)76-40-41-12-7-6-8-13-41)50(68)58-26-32-74-38-36-71-29-23-55-45(63)16-15-44(62)54-22-28-70-34-35-73-31-25-57-47(65)19-20-49(67)77-52(2,3)4/h6-8,12-13,42H,5,9-11,14-40H2,1-4H3,(H,53,61)(H,54,62)(H,55,63)(H,56,64)(H,57,65)(H,58,68)(H,59,69)(H,60,66). The van der Waals surface area contributed by atoms with Crippen LogP contribution in [0, 0.1) is 0 Å². The normalized spacial score (nSPS) is 11.4. The average Bonchev–Trinajstić information content (AvgIpc) is 3.39. The van der Waals surface area contributed by atoms with Gasteiger partial charge in [0, 0.05) is 84.3 Å². The van der Waals surface area contributed by atoms with E-state index in [2.05, 4.69) is 42.5 Å². The van der Waals surface area contributed by atoms with Crippen molar-refractivity contribution in [1.82, 2.24) is 42.5 Å². The van der Waals surface area contributed by atoms with Crippen molar-refractivity contribution in [1.29, 1.82) is 0 Å². The smallest absolute Gasteiger partial charge is 0.407 e. The Morgan fingerprint density at radius 3 is 1.27 bits per heavy atom. The number of nitrogens with one attached hydrogen (secondary N) is 8. The molecule has 0 radical (unpaired) electrons. The minimum atomic E-state index is -0.866. The number of esters is 1. The Bertz CT molecular complexity index is 1820. The van der Waals surface area contributed by atoms with Gasteiger partial charge in [0.2, 0.25) is 41.4 Å². The lowest BCUT2D eigenvalue weighted by molar-refractivity contribution is -0.155. The van der Waals surface area contributed by atoms with Crippen molar-refractivity contribution in [2.45, 2.75) is 117 Å². The molecule has 0 spiro atoms. The third-order valence-corrected chi connectivity index (χ3v) is 10.2. The molecule has 25 heteroatoms. The van der Waals surface area contributed by atoms with Crippen LogP contribution in [0.25, 0.3) is 0 Å². The summed E-state index contributed by atoms with van der Waals surface area (Å²) >= 11 is 0. The Hall–Kier alpha value is -5.99. The lowest BCUT2D eigenvalue weighted by Crippen LogP contribution is -2.47. The van der Waals surface area contributed by atoms with Gasteiger partial charge in [0.25, 0.3) is 0 Å². The number of rotatable bonds is 47. The van der Waals surface area contributed by atoms with Crippen LogP contribution < -0.4 is 42.5 Å². The van der Waals surface area contributed by atoms with Gasteiger partial charge < -0.3 is 80.4 Å². The van der Waals surface area contributed by atoms with Gasteiger partial charge in [-0.25, -0.2) is 4.79 Å². The summed E-state index contributed by atoms with van der Waals surface area (Å²) in [4.78, 5) is 110. The average molecular weight is 1100 g/mol. The summed E-state index contributed by atoms with van der Waals surface area (Å²) in [5, 5.41) is 21.7. The van der Waals surface area contributed by atoms with Gasteiger partial charge in [-0.1, -0.05) is 37.3 Å². The molecule has 0 aromatic heterocycles. The van der Waals surface area contributed by atoms with Gasteiger partial charge in [0.15, 0.2) is 0 Å². The van der Waals surface area contributed by atoms with Crippen molar-refractivity contribution in [2.24, 2.45) is 0 Å². The van der Waals surface area contributed by atoms with Crippen LogP contribution in [0.3, 0.4) is 0 Å². The van der Waals surface area contributed by atoms with E-state index in [1.165, 1.54) is 0 Å². The van der Waals surface area contributed by atoms with E-state index in [1.807, 2.05) is 37.3 Å². The van der Waals surface area contributed by atoms with Gasteiger partial charge >= 0.3 is 12.1 Å². The lowest BCUT2D eigenvalue weighted by Gasteiger charge is -2.19. The third kappa shape index (κ3) is 44.8. The van der Waals surface area contributed by atoms with Crippen molar-refractivity contribution in [3.05, 3.63) is 35.9 Å². The maximum atomic E-state index is 13.1. The van der Waals surface area contributed by atoms with Crippen LogP contribution in [0.4, 0.5) is 4.79 Å². The quantitative estimate of drug-likeness (QED) is 0.0331. The largest absolute Gasteiger partial charge is 0.460 e. The summed E-state index contributed by atoms with van der Waals surface area (Å²) in [6.45, 7) is 12.3. The molecule has 1 unspecified atom stereocenters. The summed E-state index contributed by atoms with van der Waals surface area (Å²) in [6.07, 6.45) is 1.90. The molecule has 1 rings (SSSR count). The number of hydrogen-bond donors (Lipinski definition) is 8. The van der Waals surface area contributed by atoms with Crippen molar-refractivity contribution >= 4 is 53.4 Å². The highest BCUT2D eigenvalue weighted by molar-refractivity contribution is 5.89. The minimum Gasteiger partial charge on any atom is -0.460 e. The fraction of sp³-hybridized carbons (Fsp3) is 0.712. The third-order valence-electron chi connectivity index (χ3n) is 10.2. The summed E-state index contributed by atoms with van der Waals surface area (Å²) < 4.78 is 43.0. The molecular weight excluding hydrogens is 1010 g/mol. The Kier molecular flexibility index (Phi) is 41.4. The molecule has 0 saturated heterocycles. The van der Waals surface area contributed by atoms with Crippen molar-refractivity contribution in [3.8, 4) is 0 Å². The van der Waals surface area contributed by atoms with Crippen molar-refractivity contribution < 1.29 is 81.0 Å². The van der Waals surface area contributed by atoms with E-state index in [9.17, 15) is 43.2 Å². The zero-order valence-electron chi connectivity index (χ0n) is 45.8. The number of carbonyl (C=O) groups excluding carboxylic acids is 9. The van der Waals surface area contributed by atoms with E-state index in [0.717, 1.165) is 12.0 Å². The molecule has 0 bridgehead atoms. The molecule has 0 aliphatic heterocycles. The topological polar surface area (TPSA) is 324 Å². The summed E-state index contributed by atoms with van der Waals surface area (Å²) in [6, 6.07) is 8.46. The van der Waals surface area contributed by atoms with E-state index >= 15 is 0 Å².